The Labute approximate surface area is 177 Å². The Balaban J connectivity index is 2.17. The molecule has 26 heavy (non-hydrogen) atoms. The van der Waals surface area contributed by atoms with E-state index >= 15 is 0 Å². The predicted octanol–water partition coefficient (Wildman–Crippen LogP) is 3.65. The molecule has 2 rings (SSSR count). The molecule has 0 spiro atoms. The van der Waals surface area contributed by atoms with Crippen LogP contribution < -0.4 is 15.8 Å². The fourth-order valence-corrected chi connectivity index (χ4v) is 3.23. The van der Waals surface area contributed by atoms with Crippen LogP contribution in [0.2, 0.25) is 0 Å². The Hall–Kier alpha value is -0.940. The van der Waals surface area contributed by atoms with Crippen LogP contribution >= 0.6 is 47.8 Å². The molecule has 0 saturated heterocycles. The third-order valence-electron chi connectivity index (χ3n) is 3.41. The van der Waals surface area contributed by atoms with Gasteiger partial charge in [0.2, 0.25) is 10.0 Å². The van der Waals surface area contributed by atoms with E-state index in [1.807, 2.05) is 19.1 Å². The highest BCUT2D eigenvalue weighted by Crippen LogP contribution is 2.37. The highest BCUT2D eigenvalue weighted by Gasteiger charge is 2.32. The quantitative estimate of drug-likeness (QED) is 0.378. The number of nitrogens with one attached hydrogen (secondary N) is 2. The number of benzene rings is 2. The van der Waals surface area contributed by atoms with Crippen LogP contribution in [0, 0.1) is 6.92 Å². The summed E-state index contributed by atoms with van der Waals surface area (Å²) < 4.78 is 21.8. The van der Waals surface area contributed by atoms with Crippen molar-refractivity contribution in [3.63, 3.8) is 0 Å². The van der Waals surface area contributed by atoms with E-state index in [1.54, 1.807) is 24.3 Å². The lowest BCUT2D eigenvalue weighted by Gasteiger charge is -2.28. The number of rotatable bonds is 5. The third-order valence-corrected chi connectivity index (χ3v) is 5.71. The molecule has 0 aromatic heterocycles. The highest BCUT2D eigenvalue weighted by atomic mass is 80.0. The number of anilines is 1. The number of amides is 1. The number of alkyl halides is 3. The van der Waals surface area contributed by atoms with Gasteiger partial charge in [0.1, 0.15) is 6.17 Å². The first-order chi connectivity index (χ1) is 12.0. The van der Waals surface area contributed by atoms with Crippen LogP contribution in [0.4, 0.5) is 5.69 Å². The number of primary sulfonamides is 1. The molecule has 1 amide bonds. The number of nitrogens with two attached hydrogens (primary N) is 1. The second-order valence-corrected chi connectivity index (χ2v) is 14.0. The standard InChI is InChI=1S/C16H16Br3N3O3S/c1-10-2-4-11(5-3-10)14(23)22-15(16(17,18)19)21-12-6-8-13(9-7-12)26(20,24)25/h2-9,15,21H,1H3,(H,22,23)(H2,20,24,25)/t15-/m0/s1. The molecule has 0 heterocycles. The fourth-order valence-electron chi connectivity index (χ4n) is 2.03. The average Bonchev–Trinajstić information content (AvgIpc) is 2.53. The van der Waals surface area contributed by atoms with Crippen molar-refractivity contribution < 1.29 is 13.2 Å². The molecule has 0 aliphatic rings. The summed E-state index contributed by atoms with van der Waals surface area (Å²) in [6.45, 7) is 1.94. The predicted molar refractivity (Wildman–Crippen MR) is 113 cm³/mol. The van der Waals surface area contributed by atoms with E-state index in [9.17, 15) is 13.2 Å². The second kappa shape index (κ2) is 8.39. The smallest absolute Gasteiger partial charge is 0.252 e. The summed E-state index contributed by atoms with van der Waals surface area (Å²) in [5, 5.41) is 11.0. The van der Waals surface area contributed by atoms with Crippen molar-refractivity contribution in [2.24, 2.45) is 5.14 Å². The summed E-state index contributed by atoms with van der Waals surface area (Å²) in [5.74, 6) is -0.272. The first-order valence-electron chi connectivity index (χ1n) is 7.30. The zero-order valence-corrected chi connectivity index (χ0v) is 19.1. The summed E-state index contributed by atoms with van der Waals surface area (Å²) in [6.07, 6.45) is -0.614. The van der Waals surface area contributed by atoms with Gasteiger partial charge in [-0.2, -0.15) is 0 Å². The topological polar surface area (TPSA) is 101 Å². The van der Waals surface area contributed by atoms with Gasteiger partial charge in [-0.1, -0.05) is 65.5 Å². The lowest BCUT2D eigenvalue weighted by molar-refractivity contribution is 0.0943. The molecule has 0 radical (unpaired) electrons. The van der Waals surface area contributed by atoms with E-state index < -0.39 is 18.3 Å². The number of hydrogen-bond acceptors (Lipinski definition) is 4. The molecule has 1 atom stereocenters. The minimum atomic E-state index is -3.76. The van der Waals surface area contributed by atoms with Gasteiger partial charge >= 0.3 is 0 Å². The monoisotopic (exact) mass is 567 g/mol. The zero-order valence-electron chi connectivity index (χ0n) is 13.5. The molecule has 10 heteroatoms. The largest absolute Gasteiger partial charge is 0.363 e. The first kappa shape index (κ1) is 21.4. The van der Waals surface area contributed by atoms with Crippen LogP contribution in [0.25, 0.3) is 0 Å². The SMILES string of the molecule is Cc1ccc(C(=O)N[C@H](Nc2ccc(S(N)(=O)=O)cc2)C(Br)(Br)Br)cc1. The molecular formula is C16H16Br3N3O3S. The van der Waals surface area contributed by atoms with Gasteiger partial charge in [0.15, 0.2) is 2.14 Å². The van der Waals surface area contributed by atoms with Crippen molar-refractivity contribution in [2.75, 3.05) is 5.32 Å². The molecule has 0 fully saturated rings. The maximum absolute atomic E-state index is 12.5. The Bertz CT molecular complexity index is 880. The van der Waals surface area contributed by atoms with Gasteiger partial charge in [-0.3, -0.25) is 4.79 Å². The lowest BCUT2D eigenvalue weighted by atomic mass is 10.1. The number of sulfonamides is 1. The molecule has 0 saturated carbocycles. The summed E-state index contributed by atoms with van der Waals surface area (Å²) >= 11 is 10.2. The molecule has 0 aliphatic heterocycles. The van der Waals surface area contributed by atoms with E-state index in [0.717, 1.165) is 5.56 Å². The Morgan fingerprint density at radius 1 is 1.04 bits per heavy atom. The molecule has 140 valence electrons. The van der Waals surface area contributed by atoms with Gasteiger partial charge in [0, 0.05) is 11.3 Å². The van der Waals surface area contributed by atoms with Gasteiger partial charge in [0.25, 0.3) is 5.91 Å². The number of carbonyl (C=O) groups is 1. The van der Waals surface area contributed by atoms with Crippen LogP contribution in [0.1, 0.15) is 15.9 Å². The lowest BCUT2D eigenvalue weighted by Crippen LogP contribution is -2.48. The number of halogens is 3. The van der Waals surface area contributed by atoms with Gasteiger partial charge < -0.3 is 10.6 Å². The molecule has 2 aromatic carbocycles. The van der Waals surface area contributed by atoms with Crippen LogP contribution in [0.3, 0.4) is 0 Å². The van der Waals surface area contributed by atoms with Crippen LogP contribution in [-0.4, -0.2) is 22.6 Å². The second-order valence-electron chi connectivity index (χ2n) is 5.53. The first-order valence-corrected chi connectivity index (χ1v) is 11.2. The fraction of sp³-hybridized carbons (Fsp3) is 0.188. The molecule has 6 nitrogen and oxygen atoms in total. The molecule has 0 bridgehead atoms. The van der Waals surface area contributed by atoms with Crippen molar-refractivity contribution in [3.05, 3.63) is 59.7 Å². The molecule has 4 N–H and O–H groups in total. The van der Waals surface area contributed by atoms with Crippen molar-refractivity contribution in [2.45, 2.75) is 20.1 Å². The maximum atomic E-state index is 12.5. The maximum Gasteiger partial charge on any atom is 0.252 e. The van der Waals surface area contributed by atoms with Gasteiger partial charge in [-0.25, -0.2) is 13.6 Å². The molecule has 2 aromatic rings. The number of hydrogen-bond donors (Lipinski definition) is 3. The van der Waals surface area contributed by atoms with Gasteiger partial charge in [-0.05, 0) is 43.3 Å². The van der Waals surface area contributed by atoms with Gasteiger partial charge in [-0.15, -0.1) is 0 Å². The highest BCUT2D eigenvalue weighted by molar-refractivity contribution is 9.39. The van der Waals surface area contributed by atoms with Crippen molar-refractivity contribution in [1.82, 2.24) is 5.32 Å². The minimum absolute atomic E-state index is 0.00563. The Morgan fingerprint density at radius 2 is 1.58 bits per heavy atom. The van der Waals surface area contributed by atoms with Gasteiger partial charge in [0.05, 0.1) is 4.90 Å². The average molecular weight is 570 g/mol. The van der Waals surface area contributed by atoms with Crippen LogP contribution in [0.15, 0.2) is 53.4 Å². The van der Waals surface area contributed by atoms with Crippen molar-refractivity contribution >= 4 is 69.4 Å². The molecule has 0 aliphatic carbocycles. The summed E-state index contributed by atoms with van der Waals surface area (Å²) in [5.41, 5.74) is 2.17. The van der Waals surface area contributed by atoms with E-state index in [2.05, 4.69) is 58.4 Å². The van der Waals surface area contributed by atoms with E-state index in [4.69, 9.17) is 5.14 Å². The third kappa shape index (κ3) is 6.05. The van der Waals surface area contributed by atoms with Crippen LogP contribution in [-0.2, 0) is 10.0 Å². The van der Waals surface area contributed by atoms with E-state index in [0.29, 0.717) is 11.3 Å². The Kier molecular flexibility index (Phi) is 6.89. The van der Waals surface area contributed by atoms with E-state index in [-0.39, 0.29) is 10.8 Å². The van der Waals surface area contributed by atoms with Crippen LogP contribution in [0.5, 0.6) is 0 Å². The molecular weight excluding hydrogens is 554 g/mol. The van der Waals surface area contributed by atoms with Crippen molar-refractivity contribution in [3.8, 4) is 0 Å². The minimum Gasteiger partial charge on any atom is -0.363 e. The number of aryl methyl sites for hydroxylation is 1. The number of carbonyl (C=O) groups excluding carboxylic acids is 1. The van der Waals surface area contributed by atoms with Crippen molar-refractivity contribution in [1.29, 1.82) is 0 Å². The zero-order chi connectivity index (χ0) is 19.5. The molecule has 0 unspecified atom stereocenters. The summed E-state index contributed by atoms with van der Waals surface area (Å²) in [4.78, 5) is 12.5. The summed E-state index contributed by atoms with van der Waals surface area (Å²) in [6, 6.07) is 13.1. The van der Waals surface area contributed by atoms with E-state index in [1.165, 1.54) is 12.1 Å². The normalized spacial score (nSPS) is 13.1. The summed E-state index contributed by atoms with van der Waals surface area (Å²) in [7, 11) is -3.76. The Morgan fingerprint density at radius 3 is 2.04 bits per heavy atom.